The van der Waals surface area contributed by atoms with Crippen molar-refractivity contribution in [1.82, 2.24) is 4.72 Å². The second-order valence-electron chi connectivity index (χ2n) is 4.86. The van der Waals surface area contributed by atoms with Gasteiger partial charge in [-0.3, -0.25) is 4.72 Å². The van der Waals surface area contributed by atoms with Crippen molar-refractivity contribution in [2.24, 2.45) is 5.73 Å². The minimum atomic E-state index is -3.56. The van der Waals surface area contributed by atoms with Crippen LogP contribution in [0.4, 0.5) is 5.69 Å². The molecule has 0 radical (unpaired) electrons. The van der Waals surface area contributed by atoms with Crippen molar-refractivity contribution in [2.75, 3.05) is 4.72 Å². The number of rotatable bonds is 4. The molecule has 5 nitrogen and oxygen atoms in total. The minimum absolute atomic E-state index is 0.377. The topological polar surface area (TPSA) is 84.2 Å². The maximum atomic E-state index is 11.8. The number of anilines is 1. The lowest BCUT2D eigenvalue weighted by Gasteiger charge is -2.21. The highest BCUT2D eigenvalue weighted by molar-refractivity contribution is 7.90. The summed E-state index contributed by atoms with van der Waals surface area (Å²) in [5, 5.41) is 0. The largest absolute Gasteiger partial charge is 0.326 e. The molecule has 1 rings (SSSR count). The van der Waals surface area contributed by atoms with E-state index in [0.29, 0.717) is 12.2 Å². The minimum Gasteiger partial charge on any atom is -0.326 e. The van der Waals surface area contributed by atoms with Gasteiger partial charge < -0.3 is 5.73 Å². The number of nitrogens with one attached hydrogen (secondary N) is 2. The molecule has 6 heteroatoms. The summed E-state index contributed by atoms with van der Waals surface area (Å²) in [5.41, 5.74) is 6.36. The third-order valence-electron chi connectivity index (χ3n) is 1.86. The second-order valence-corrected chi connectivity index (χ2v) is 6.28. The summed E-state index contributed by atoms with van der Waals surface area (Å²) in [6.07, 6.45) is 0. The van der Waals surface area contributed by atoms with E-state index < -0.39 is 15.7 Å². The monoisotopic (exact) mass is 257 g/mol. The Labute approximate surface area is 103 Å². The van der Waals surface area contributed by atoms with Crippen LogP contribution < -0.4 is 15.2 Å². The molecule has 0 spiro atoms. The molecule has 0 saturated carbocycles. The average Bonchev–Trinajstić information content (AvgIpc) is 2.13. The fourth-order valence-electron chi connectivity index (χ4n) is 1.35. The molecule has 4 N–H and O–H groups in total. The quantitative estimate of drug-likeness (QED) is 0.757. The van der Waals surface area contributed by atoms with Crippen LogP contribution in [-0.2, 0) is 16.8 Å². The van der Waals surface area contributed by atoms with Gasteiger partial charge in [0.25, 0.3) is 10.2 Å². The van der Waals surface area contributed by atoms with Crippen LogP contribution in [0.25, 0.3) is 0 Å². The molecule has 1 aromatic rings. The summed E-state index contributed by atoms with van der Waals surface area (Å²) in [5.74, 6) is 0. The molecule has 0 fully saturated rings. The SMILES string of the molecule is CC(C)(C)NS(=O)(=O)Nc1cccc(CN)c1. The zero-order valence-corrected chi connectivity index (χ0v) is 11.1. The smallest absolute Gasteiger partial charge is 0.299 e. The van der Waals surface area contributed by atoms with Gasteiger partial charge in [0, 0.05) is 12.1 Å². The third-order valence-corrected chi connectivity index (χ3v) is 3.24. The van der Waals surface area contributed by atoms with Crippen molar-refractivity contribution in [3.63, 3.8) is 0 Å². The normalized spacial score (nSPS) is 12.5. The van der Waals surface area contributed by atoms with Gasteiger partial charge >= 0.3 is 0 Å². The molecule has 0 aliphatic carbocycles. The maximum absolute atomic E-state index is 11.8. The first kappa shape index (κ1) is 14.0. The van der Waals surface area contributed by atoms with E-state index in [9.17, 15) is 8.42 Å². The van der Waals surface area contributed by atoms with Gasteiger partial charge in [0.1, 0.15) is 0 Å². The molecular weight excluding hydrogens is 238 g/mol. The highest BCUT2D eigenvalue weighted by Gasteiger charge is 2.19. The zero-order valence-electron chi connectivity index (χ0n) is 10.3. The molecule has 0 aromatic heterocycles. The Morgan fingerprint density at radius 1 is 1.29 bits per heavy atom. The summed E-state index contributed by atoms with van der Waals surface area (Å²) < 4.78 is 28.5. The van der Waals surface area contributed by atoms with Crippen LogP contribution >= 0.6 is 0 Å². The molecule has 0 atom stereocenters. The summed E-state index contributed by atoms with van der Waals surface area (Å²) >= 11 is 0. The van der Waals surface area contributed by atoms with Gasteiger partial charge in [-0.25, -0.2) is 0 Å². The van der Waals surface area contributed by atoms with Gasteiger partial charge in [-0.1, -0.05) is 12.1 Å². The van der Waals surface area contributed by atoms with E-state index in [1.165, 1.54) is 0 Å². The van der Waals surface area contributed by atoms with Gasteiger partial charge in [0.05, 0.1) is 5.69 Å². The van der Waals surface area contributed by atoms with Gasteiger partial charge in [-0.2, -0.15) is 13.1 Å². The molecule has 0 bridgehead atoms. The molecule has 0 unspecified atom stereocenters. The fourth-order valence-corrected chi connectivity index (χ4v) is 2.64. The summed E-state index contributed by atoms with van der Waals surface area (Å²) in [4.78, 5) is 0. The van der Waals surface area contributed by atoms with Gasteiger partial charge in [-0.15, -0.1) is 0 Å². The number of nitrogens with two attached hydrogens (primary N) is 1. The molecule has 17 heavy (non-hydrogen) atoms. The Bertz CT molecular complexity index is 478. The highest BCUT2D eigenvalue weighted by atomic mass is 32.2. The molecule has 0 saturated heterocycles. The van der Waals surface area contributed by atoms with Crippen molar-refractivity contribution in [1.29, 1.82) is 0 Å². The molecule has 96 valence electrons. The predicted molar refractivity (Wildman–Crippen MR) is 69.8 cm³/mol. The fraction of sp³-hybridized carbons (Fsp3) is 0.455. The standard InChI is InChI=1S/C11H19N3O2S/c1-11(2,3)14-17(15,16)13-10-6-4-5-9(7-10)8-12/h4-7,13-14H,8,12H2,1-3H3. The Morgan fingerprint density at radius 3 is 2.47 bits per heavy atom. The Hall–Kier alpha value is -1.11. The van der Waals surface area contributed by atoms with Crippen LogP contribution in [0.1, 0.15) is 26.3 Å². The van der Waals surface area contributed by atoms with E-state index in [1.54, 1.807) is 39.0 Å². The lowest BCUT2D eigenvalue weighted by Crippen LogP contribution is -2.43. The van der Waals surface area contributed by atoms with Crippen LogP contribution in [0.2, 0.25) is 0 Å². The van der Waals surface area contributed by atoms with Crippen molar-refractivity contribution >= 4 is 15.9 Å². The number of hydrogen-bond donors (Lipinski definition) is 3. The van der Waals surface area contributed by atoms with Crippen LogP contribution in [0.5, 0.6) is 0 Å². The zero-order chi connectivity index (χ0) is 13.1. The van der Waals surface area contributed by atoms with Crippen LogP contribution in [0, 0.1) is 0 Å². The van der Waals surface area contributed by atoms with Crippen LogP contribution in [-0.4, -0.2) is 14.0 Å². The lowest BCUT2D eigenvalue weighted by atomic mass is 10.1. The molecule has 0 heterocycles. The summed E-state index contributed by atoms with van der Waals surface area (Å²) in [6.45, 7) is 5.72. The third kappa shape index (κ3) is 5.16. The Morgan fingerprint density at radius 2 is 1.94 bits per heavy atom. The van der Waals surface area contributed by atoms with Crippen LogP contribution in [0.3, 0.4) is 0 Å². The van der Waals surface area contributed by atoms with E-state index >= 15 is 0 Å². The van der Waals surface area contributed by atoms with Crippen molar-refractivity contribution < 1.29 is 8.42 Å². The van der Waals surface area contributed by atoms with E-state index in [-0.39, 0.29) is 0 Å². The molecule has 0 amide bonds. The maximum Gasteiger partial charge on any atom is 0.299 e. The first-order valence-electron chi connectivity index (χ1n) is 5.32. The number of benzene rings is 1. The van der Waals surface area contributed by atoms with E-state index in [1.807, 2.05) is 6.07 Å². The molecule has 0 aliphatic heterocycles. The summed E-state index contributed by atoms with van der Waals surface area (Å²) in [6, 6.07) is 7.00. The van der Waals surface area contributed by atoms with Crippen molar-refractivity contribution in [3.05, 3.63) is 29.8 Å². The highest BCUT2D eigenvalue weighted by Crippen LogP contribution is 2.12. The van der Waals surface area contributed by atoms with Gasteiger partial charge in [-0.05, 0) is 38.5 Å². The van der Waals surface area contributed by atoms with Crippen LogP contribution in [0.15, 0.2) is 24.3 Å². The number of hydrogen-bond acceptors (Lipinski definition) is 3. The van der Waals surface area contributed by atoms with E-state index in [0.717, 1.165) is 5.56 Å². The van der Waals surface area contributed by atoms with E-state index in [2.05, 4.69) is 9.44 Å². The molecule has 1 aromatic carbocycles. The molecule has 0 aliphatic rings. The second kappa shape index (κ2) is 5.03. The summed E-state index contributed by atoms with van der Waals surface area (Å²) in [7, 11) is -3.56. The average molecular weight is 257 g/mol. The van der Waals surface area contributed by atoms with E-state index in [4.69, 9.17) is 5.73 Å². The first-order valence-corrected chi connectivity index (χ1v) is 6.81. The predicted octanol–water partition coefficient (Wildman–Crippen LogP) is 1.19. The van der Waals surface area contributed by atoms with Gasteiger partial charge in [0.15, 0.2) is 0 Å². The Kier molecular flexibility index (Phi) is 4.13. The van der Waals surface area contributed by atoms with Crippen molar-refractivity contribution in [2.45, 2.75) is 32.9 Å². The molecular formula is C11H19N3O2S. The first-order chi connectivity index (χ1) is 7.72. The van der Waals surface area contributed by atoms with Gasteiger partial charge in [0.2, 0.25) is 0 Å². The van der Waals surface area contributed by atoms with Crippen molar-refractivity contribution in [3.8, 4) is 0 Å². The lowest BCUT2D eigenvalue weighted by molar-refractivity contribution is 0.494. The Balaban J connectivity index is 2.83.